The first-order chi connectivity index (χ1) is 6.91. The Labute approximate surface area is 91.6 Å². The maximum atomic E-state index is 11.2. The number of hydrogen-bond donors (Lipinski definition) is 1. The summed E-state index contributed by atoms with van der Waals surface area (Å²) in [5.74, 6) is 0.371. The third-order valence-corrected chi connectivity index (χ3v) is 4.88. The zero-order valence-corrected chi connectivity index (χ0v) is 10.2. The average molecular weight is 236 g/mol. The zero-order chi connectivity index (χ0) is 11.5. The molecule has 1 N–H and O–H groups in total. The number of sulfone groups is 1. The van der Waals surface area contributed by atoms with Crippen molar-refractivity contribution in [1.82, 2.24) is 0 Å². The molecule has 0 bridgehead atoms. The molecule has 90 valence electrons. The molecule has 15 heavy (non-hydrogen) atoms. The van der Waals surface area contributed by atoms with Gasteiger partial charge in [0.1, 0.15) is 9.84 Å². The van der Waals surface area contributed by atoms with E-state index in [0.717, 1.165) is 0 Å². The number of aliphatic hydroxyl groups is 1. The van der Waals surface area contributed by atoms with Gasteiger partial charge >= 0.3 is 0 Å². The zero-order valence-electron chi connectivity index (χ0n) is 9.40. The van der Waals surface area contributed by atoms with Gasteiger partial charge in [-0.05, 0) is 12.8 Å². The lowest BCUT2D eigenvalue weighted by Gasteiger charge is -2.42. The molecule has 5 heteroatoms. The molecule has 0 aromatic rings. The average Bonchev–Trinajstić information content (AvgIpc) is 2.13. The summed E-state index contributed by atoms with van der Waals surface area (Å²) >= 11 is 0. The molecular formula is C10H20O4S. The molecule has 0 amide bonds. The number of rotatable bonds is 6. The monoisotopic (exact) mass is 236 g/mol. The first-order valence-corrected chi connectivity index (χ1v) is 7.18. The molecule has 0 spiro atoms. The first-order valence-electron chi connectivity index (χ1n) is 5.36. The third kappa shape index (κ3) is 3.74. The molecular weight excluding hydrogens is 216 g/mol. The fourth-order valence-electron chi connectivity index (χ4n) is 1.92. The van der Waals surface area contributed by atoms with Crippen LogP contribution in [0.4, 0.5) is 0 Å². The van der Waals surface area contributed by atoms with Crippen LogP contribution in [-0.4, -0.2) is 43.8 Å². The Bertz CT molecular complexity index is 291. The summed E-state index contributed by atoms with van der Waals surface area (Å²) < 4.78 is 27.5. The summed E-state index contributed by atoms with van der Waals surface area (Å²) in [4.78, 5) is 0. The summed E-state index contributed by atoms with van der Waals surface area (Å²) in [6.07, 6.45) is 2.53. The Morgan fingerprint density at radius 2 is 2.07 bits per heavy atom. The van der Waals surface area contributed by atoms with E-state index in [1.54, 1.807) is 14.0 Å². The molecule has 1 aliphatic rings. The van der Waals surface area contributed by atoms with Crippen molar-refractivity contribution in [2.75, 3.05) is 18.6 Å². The van der Waals surface area contributed by atoms with Crippen LogP contribution in [-0.2, 0) is 14.6 Å². The second-order valence-corrected chi connectivity index (χ2v) is 6.80. The molecule has 1 fully saturated rings. The Balaban J connectivity index is 2.22. The molecule has 0 aromatic heterocycles. The van der Waals surface area contributed by atoms with Gasteiger partial charge in [0, 0.05) is 25.7 Å². The van der Waals surface area contributed by atoms with E-state index in [9.17, 15) is 13.5 Å². The molecule has 4 nitrogen and oxygen atoms in total. The number of ether oxygens (including phenoxy) is 1. The molecule has 0 saturated heterocycles. The second kappa shape index (κ2) is 4.80. The van der Waals surface area contributed by atoms with Crippen LogP contribution in [0.15, 0.2) is 0 Å². The van der Waals surface area contributed by atoms with Crippen LogP contribution in [0.2, 0.25) is 0 Å². The van der Waals surface area contributed by atoms with Crippen LogP contribution >= 0.6 is 0 Å². The van der Waals surface area contributed by atoms with E-state index in [1.807, 2.05) is 0 Å². The highest BCUT2D eigenvalue weighted by atomic mass is 32.2. The van der Waals surface area contributed by atoms with Crippen molar-refractivity contribution in [3.63, 3.8) is 0 Å². The van der Waals surface area contributed by atoms with Crippen molar-refractivity contribution < 1.29 is 18.3 Å². The van der Waals surface area contributed by atoms with Crippen LogP contribution in [0.3, 0.4) is 0 Å². The molecule has 0 unspecified atom stereocenters. The SMILES string of the molecule is CCS(=O)(=O)CCCC1(O)CC(OC)C1. The Morgan fingerprint density at radius 3 is 2.53 bits per heavy atom. The van der Waals surface area contributed by atoms with Gasteiger partial charge in [0.05, 0.1) is 17.5 Å². The van der Waals surface area contributed by atoms with Gasteiger partial charge in [-0.25, -0.2) is 8.42 Å². The van der Waals surface area contributed by atoms with Crippen LogP contribution in [0, 0.1) is 0 Å². The lowest BCUT2D eigenvalue weighted by atomic mass is 9.75. The van der Waals surface area contributed by atoms with E-state index < -0.39 is 15.4 Å². The fourth-order valence-corrected chi connectivity index (χ4v) is 2.80. The molecule has 0 aliphatic heterocycles. The predicted molar refractivity (Wildman–Crippen MR) is 58.5 cm³/mol. The maximum absolute atomic E-state index is 11.2. The normalized spacial score (nSPS) is 31.3. The van der Waals surface area contributed by atoms with Gasteiger partial charge in [-0.1, -0.05) is 6.92 Å². The van der Waals surface area contributed by atoms with Gasteiger partial charge in [-0.3, -0.25) is 0 Å². The van der Waals surface area contributed by atoms with Crippen molar-refractivity contribution in [2.24, 2.45) is 0 Å². The molecule has 1 aliphatic carbocycles. The first kappa shape index (κ1) is 12.9. The molecule has 1 saturated carbocycles. The van der Waals surface area contributed by atoms with Gasteiger partial charge in [-0.2, -0.15) is 0 Å². The standard InChI is InChI=1S/C10H20O4S/c1-3-15(12,13)6-4-5-10(11)7-9(8-10)14-2/h9,11H,3-8H2,1-2H3. The highest BCUT2D eigenvalue weighted by Gasteiger charge is 2.42. The van der Waals surface area contributed by atoms with E-state index in [0.29, 0.717) is 25.7 Å². The molecule has 0 atom stereocenters. The van der Waals surface area contributed by atoms with Crippen LogP contribution < -0.4 is 0 Å². The van der Waals surface area contributed by atoms with E-state index in [-0.39, 0.29) is 17.6 Å². The van der Waals surface area contributed by atoms with Gasteiger partial charge < -0.3 is 9.84 Å². The smallest absolute Gasteiger partial charge is 0.150 e. The van der Waals surface area contributed by atoms with Gasteiger partial charge in [0.2, 0.25) is 0 Å². The molecule has 0 radical (unpaired) electrons. The van der Waals surface area contributed by atoms with E-state index >= 15 is 0 Å². The van der Waals surface area contributed by atoms with Crippen molar-refractivity contribution in [3.8, 4) is 0 Å². The van der Waals surface area contributed by atoms with Crippen molar-refractivity contribution in [2.45, 2.75) is 44.3 Å². The predicted octanol–water partition coefficient (Wildman–Crippen LogP) is 0.741. The van der Waals surface area contributed by atoms with Crippen molar-refractivity contribution in [3.05, 3.63) is 0 Å². The summed E-state index contributed by atoms with van der Waals surface area (Å²) in [6, 6.07) is 0. The van der Waals surface area contributed by atoms with E-state index in [1.165, 1.54) is 0 Å². The van der Waals surface area contributed by atoms with Gasteiger partial charge in [0.25, 0.3) is 0 Å². The highest BCUT2D eigenvalue weighted by molar-refractivity contribution is 7.91. The van der Waals surface area contributed by atoms with Crippen LogP contribution in [0.1, 0.15) is 32.6 Å². The number of hydrogen-bond acceptors (Lipinski definition) is 4. The minimum absolute atomic E-state index is 0.151. The second-order valence-electron chi connectivity index (χ2n) is 4.33. The molecule has 1 rings (SSSR count). The minimum atomic E-state index is -2.89. The summed E-state index contributed by atoms with van der Waals surface area (Å²) in [5.41, 5.74) is -0.677. The van der Waals surface area contributed by atoms with Crippen LogP contribution in [0.5, 0.6) is 0 Å². The third-order valence-electron chi connectivity index (χ3n) is 3.09. The topological polar surface area (TPSA) is 63.6 Å². The highest BCUT2D eigenvalue weighted by Crippen LogP contribution is 2.37. The Morgan fingerprint density at radius 1 is 1.47 bits per heavy atom. The maximum Gasteiger partial charge on any atom is 0.150 e. The fraction of sp³-hybridized carbons (Fsp3) is 1.00. The lowest BCUT2D eigenvalue weighted by Crippen LogP contribution is -2.48. The van der Waals surface area contributed by atoms with E-state index in [4.69, 9.17) is 4.74 Å². The largest absolute Gasteiger partial charge is 0.390 e. The molecule has 0 heterocycles. The van der Waals surface area contributed by atoms with Crippen molar-refractivity contribution >= 4 is 9.84 Å². The van der Waals surface area contributed by atoms with Gasteiger partial charge in [-0.15, -0.1) is 0 Å². The van der Waals surface area contributed by atoms with Crippen LogP contribution in [0.25, 0.3) is 0 Å². The molecule has 0 aromatic carbocycles. The van der Waals surface area contributed by atoms with Crippen molar-refractivity contribution in [1.29, 1.82) is 0 Å². The van der Waals surface area contributed by atoms with Gasteiger partial charge in [0.15, 0.2) is 0 Å². The minimum Gasteiger partial charge on any atom is -0.390 e. The summed E-state index contributed by atoms with van der Waals surface area (Å²) in [7, 11) is -1.26. The quantitative estimate of drug-likeness (QED) is 0.739. The van der Waals surface area contributed by atoms with E-state index in [2.05, 4.69) is 0 Å². The Kier molecular flexibility index (Phi) is 4.14. The summed E-state index contributed by atoms with van der Waals surface area (Å²) in [6.45, 7) is 1.65. The lowest BCUT2D eigenvalue weighted by molar-refractivity contribution is -0.131. The Hall–Kier alpha value is -0.130. The number of methoxy groups -OCH3 is 1. The summed E-state index contributed by atoms with van der Waals surface area (Å²) in [5, 5.41) is 9.91.